The summed E-state index contributed by atoms with van der Waals surface area (Å²) in [6, 6.07) is 0.205. The highest BCUT2D eigenvalue weighted by Gasteiger charge is 2.09. The van der Waals surface area contributed by atoms with E-state index < -0.39 is 0 Å². The largest absolute Gasteiger partial charge is 0.303 e. The van der Waals surface area contributed by atoms with E-state index in [0.29, 0.717) is 0 Å². The van der Waals surface area contributed by atoms with Gasteiger partial charge in [0.15, 0.2) is 0 Å². The van der Waals surface area contributed by atoms with Crippen molar-refractivity contribution in [2.24, 2.45) is 5.10 Å². The second-order valence-electron chi connectivity index (χ2n) is 2.93. The van der Waals surface area contributed by atoms with Crippen LogP contribution in [0.2, 0.25) is 0 Å². The lowest BCUT2D eigenvalue weighted by molar-refractivity contribution is 0.617. The minimum atomic E-state index is 0.205. The van der Waals surface area contributed by atoms with E-state index in [0.717, 1.165) is 12.0 Å². The fourth-order valence-electron chi connectivity index (χ4n) is 1.12. The van der Waals surface area contributed by atoms with Crippen LogP contribution in [0.4, 0.5) is 0 Å². The second kappa shape index (κ2) is 3.90. The van der Waals surface area contributed by atoms with Gasteiger partial charge in [0.05, 0.1) is 6.04 Å². The summed E-state index contributed by atoms with van der Waals surface area (Å²) in [6.07, 6.45) is 7.17. The molecule has 0 aromatic carbocycles. The predicted molar refractivity (Wildman–Crippen MR) is 53.1 cm³/mol. The van der Waals surface area contributed by atoms with Crippen LogP contribution in [-0.4, -0.2) is 12.8 Å². The number of nitrogens with one attached hydrogen (secondary N) is 1. The molecule has 0 heterocycles. The average Bonchev–Trinajstić information content (AvgIpc) is 2.20. The smallest absolute Gasteiger partial charge is 0.0718 e. The summed E-state index contributed by atoms with van der Waals surface area (Å²) in [5.41, 5.74) is 5.23. The minimum absolute atomic E-state index is 0.205. The van der Waals surface area contributed by atoms with Gasteiger partial charge in [0.25, 0.3) is 0 Å². The van der Waals surface area contributed by atoms with Gasteiger partial charge in [-0.3, -0.25) is 0 Å². The first-order chi connectivity index (χ1) is 5.74. The number of hydrazone groups is 1. The maximum atomic E-state index is 3.94. The van der Waals surface area contributed by atoms with Gasteiger partial charge in [-0.05, 0) is 18.9 Å². The highest BCUT2D eigenvalue weighted by Crippen LogP contribution is 2.14. The molecule has 2 nitrogen and oxygen atoms in total. The first-order valence-electron chi connectivity index (χ1n) is 3.99. The molecule has 0 bridgehead atoms. The van der Waals surface area contributed by atoms with Gasteiger partial charge in [-0.1, -0.05) is 30.4 Å². The van der Waals surface area contributed by atoms with Gasteiger partial charge in [0.2, 0.25) is 0 Å². The molecular weight excluding hydrogens is 148 g/mol. The molecule has 0 amide bonds. The van der Waals surface area contributed by atoms with Crippen molar-refractivity contribution in [1.82, 2.24) is 5.43 Å². The molecule has 0 saturated carbocycles. The molecule has 1 unspecified atom stereocenters. The first kappa shape index (κ1) is 8.78. The van der Waals surface area contributed by atoms with Crippen LogP contribution in [0.5, 0.6) is 0 Å². The number of nitrogens with zero attached hydrogens (tertiary/aromatic N) is 1. The summed E-state index contributed by atoms with van der Waals surface area (Å²) >= 11 is 0. The molecule has 64 valence electrons. The lowest BCUT2D eigenvalue weighted by atomic mass is 10.1. The van der Waals surface area contributed by atoms with E-state index in [1.165, 1.54) is 5.57 Å². The number of hydrogen-bond donors (Lipinski definition) is 1. The van der Waals surface area contributed by atoms with Gasteiger partial charge in [-0.25, -0.2) is 0 Å². The summed E-state index contributed by atoms with van der Waals surface area (Å²) in [6.45, 7) is 9.41. The van der Waals surface area contributed by atoms with E-state index in [2.05, 4.69) is 42.9 Å². The summed E-state index contributed by atoms with van der Waals surface area (Å²) in [4.78, 5) is 0. The van der Waals surface area contributed by atoms with Crippen LogP contribution in [0.15, 0.2) is 41.1 Å². The number of allylic oxidation sites excluding steroid dienone is 2. The Kier molecular flexibility index (Phi) is 2.86. The molecule has 0 aliphatic heterocycles. The second-order valence-corrected chi connectivity index (χ2v) is 2.93. The van der Waals surface area contributed by atoms with Crippen LogP contribution in [0.25, 0.3) is 0 Å². The Bertz CT molecular complexity index is 249. The van der Waals surface area contributed by atoms with Crippen LogP contribution >= 0.6 is 0 Å². The van der Waals surface area contributed by atoms with Gasteiger partial charge >= 0.3 is 0 Å². The molecule has 0 spiro atoms. The summed E-state index contributed by atoms with van der Waals surface area (Å²) in [5.74, 6) is 0. The Labute approximate surface area is 73.4 Å². The van der Waals surface area contributed by atoms with Crippen molar-refractivity contribution in [2.75, 3.05) is 0 Å². The number of hydrogen-bond acceptors (Lipinski definition) is 2. The molecule has 2 heteroatoms. The molecule has 0 aromatic rings. The van der Waals surface area contributed by atoms with Gasteiger partial charge < -0.3 is 5.43 Å². The fourth-order valence-corrected chi connectivity index (χ4v) is 1.12. The van der Waals surface area contributed by atoms with Crippen molar-refractivity contribution >= 4 is 6.72 Å². The molecule has 1 N–H and O–H groups in total. The zero-order chi connectivity index (χ0) is 8.97. The van der Waals surface area contributed by atoms with E-state index in [1.54, 1.807) is 0 Å². The SMILES string of the molecule is C=NNC1CC=C(C)C=CC1=C. The van der Waals surface area contributed by atoms with Crippen LogP contribution in [-0.2, 0) is 0 Å². The molecule has 0 fully saturated rings. The summed E-state index contributed by atoms with van der Waals surface area (Å²) < 4.78 is 0. The Balaban J connectivity index is 2.71. The molecule has 1 aliphatic rings. The van der Waals surface area contributed by atoms with Crippen LogP contribution in [0.1, 0.15) is 13.3 Å². The third-order valence-electron chi connectivity index (χ3n) is 1.93. The Morgan fingerprint density at radius 2 is 2.33 bits per heavy atom. The van der Waals surface area contributed by atoms with Gasteiger partial charge in [-0.2, -0.15) is 5.10 Å². The molecular formula is C10H14N2. The molecule has 12 heavy (non-hydrogen) atoms. The van der Waals surface area contributed by atoms with Crippen molar-refractivity contribution in [3.8, 4) is 0 Å². The van der Waals surface area contributed by atoms with Gasteiger partial charge in [-0.15, -0.1) is 0 Å². The van der Waals surface area contributed by atoms with Crippen molar-refractivity contribution in [3.63, 3.8) is 0 Å². The normalized spacial score (nSPS) is 22.9. The van der Waals surface area contributed by atoms with E-state index in [9.17, 15) is 0 Å². The molecule has 1 aliphatic carbocycles. The zero-order valence-electron chi connectivity index (χ0n) is 7.38. The average molecular weight is 162 g/mol. The van der Waals surface area contributed by atoms with Crippen molar-refractivity contribution in [2.45, 2.75) is 19.4 Å². The zero-order valence-corrected chi connectivity index (χ0v) is 7.38. The standard InChI is InChI=1S/C10H14N2/c1-8-4-6-9(2)10(7-5-8)12-11-3/h4-6,10,12H,2-3,7H2,1H3. The van der Waals surface area contributed by atoms with Crippen molar-refractivity contribution in [3.05, 3.63) is 36.0 Å². The Morgan fingerprint density at radius 1 is 1.58 bits per heavy atom. The highest BCUT2D eigenvalue weighted by molar-refractivity contribution is 5.33. The monoisotopic (exact) mass is 162 g/mol. The van der Waals surface area contributed by atoms with E-state index >= 15 is 0 Å². The molecule has 0 aromatic heterocycles. The summed E-state index contributed by atoms with van der Waals surface area (Å²) in [5, 5.41) is 3.65. The quantitative estimate of drug-likeness (QED) is 0.487. The van der Waals surface area contributed by atoms with Crippen LogP contribution in [0, 0.1) is 0 Å². The molecule has 0 saturated heterocycles. The van der Waals surface area contributed by atoms with Crippen molar-refractivity contribution in [1.29, 1.82) is 0 Å². The Morgan fingerprint density at radius 3 is 3.00 bits per heavy atom. The topological polar surface area (TPSA) is 24.4 Å². The predicted octanol–water partition coefficient (Wildman–Crippen LogP) is 2.02. The maximum Gasteiger partial charge on any atom is 0.0718 e. The van der Waals surface area contributed by atoms with E-state index in [4.69, 9.17) is 0 Å². The number of rotatable bonds is 2. The lowest BCUT2D eigenvalue weighted by Gasteiger charge is -2.13. The molecule has 1 atom stereocenters. The van der Waals surface area contributed by atoms with Crippen molar-refractivity contribution < 1.29 is 0 Å². The molecule has 1 rings (SSSR count). The van der Waals surface area contributed by atoms with Crippen LogP contribution < -0.4 is 5.43 Å². The summed E-state index contributed by atoms with van der Waals surface area (Å²) in [7, 11) is 0. The fraction of sp³-hybridized carbons (Fsp3) is 0.300. The highest BCUT2D eigenvalue weighted by atomic mass is 15.3. The minimum Gasteiger partial charge on any atom is -0.303 e. The van der Waals surface area contributed by atoms with E-state index in [1.807, 2.05) is 6.08 Å². The van der Waals surface area contributed by atoms with Crippen LogP contribution in [0.3, 0.4) is 0 Å². The lowest BCUT2D eigenvalue weighted by Crippen LogP contribution is -2.24. The third kappa shape index (κ3) is 2.09. The van der Waals surface area contributed by atoms with Gasteiger partial charge in [0.1, 0.15) is 0 Å². The van der Waals surface area contributed by atoms with E-state index in [-0.39, 0.29) is 6.04 Å². The Hall–Kier alpha value is -1.31. The maximum absolute atomic E-state index is 3.94. The first-order valence-corrected chi connectivity index (χ1v) is 3.99. The third-order valence-corrected chi connectivity index (χ3v) is 1.93. The molecule has 0 radical (unpaired) electrons. The van der Waals surface area contributed by atoms with Gasteiger partial charge in [0, 0.05) is 6.72 Å².